The molecule has 0 bridgehead atoms. The molecular formula is C24H24N4O2. The first-order chi connectivity index (χ1) is 14.4. The lowest BCUT2D eigenvalue weighted by Gasteiger charge is -2.18. The van der Waals surface area contributed by atoms with E-state index in [2.05, 4.69) is 10.4 Å². The molecule has 1 atom stereocenters. The second-order valence-corrected chi connectivity index (χ2v) is 7.51. The first kappa shape index (κ1) is 19.6. The molecule has 0 aliphatic carbocycles. The Hall–Kier alpha value is -3.67. The van der Waals surface area contributed by atoms with Crippen LogP contribution in [0.5, 0.6) is 0 Å². The molecule has 0 spiro atoms. The summed E-state index contributed by atoms with van der Waals surface area (Å²) in [6.45, 7) is 7.60. The van der Waals surface area contributed by atoms with Crippen molar-refractivity contribution in [2.45, 2.75) is 33.7 Å². The van der Waals surface area contributed by atoms with Crippen LogP contribution >= 0.6 is 0 Å². The van der Waals surface area contributed by atoms with Crippen LogP contribution in [0.25, 0.3) is 16.5 Å². The molecule has 4 aromatic rings. The predicted octanol–water partition coefficient (Wildman–Crippen LogP) is 4.31. The van der Waals surface area contributed by atoms with Gasteiger partial charge in [-0.3, -0.25) is 9.59 Å². The van der Waals surface area contributed by atoms with E-state index in [-0.39, 0.29) is 11.5 Å². The normalized spacial score (nSPS) is 12.1. The van der Waals surface area contributed by atoms with Crippen LogP contribution in [0, 0.1) is 20.8 Å². The number of carbonyl (C=O) groups is 1. The molecule has 2 aromatic heterocycles. The Morgan fingerprint density at radius 2 is 1.63 bits per heavy atom. The molecule has 0 aliphatic rings. The maximum absolute atomic E-state index is 13.2. The summed E-state index contributed by atoms with van der Waals surface area (Å²) in [5.74, 6) is -0.132. The molecule has 0 radical (unpaired) electrons. The quantitative estimate of drug-likeness (QED) is 0.555. The Labute approximate surface area is 174 Å². The van der Waals surface area contributed by atoms with Crippen LogP contribution in [0.4, 0.5) is 5.69 Å². The largest absolute Gasteiger partial charge is 0.336 e. The highest BCUT2D eigenvalue weighted by atomic mass is 16.2. The Morgan fingerprint density at radius 3 is 2.33 bits per heavy atom. The van der Waals surface area contributed by atoms with Gasteiger partial charge in [0.25, 0.3) is 5.56 Å². The molecule has 6 heteroatoms. The van der Waals surface area contributed by atoms with Gasteiger partial charge < -0.3 is 9.88 Å². The van der Waals surface area contributed by atoms with Crippen molar-refractivity contribution in [1.82, 2.24) is 14.3 Å². The predicted molar refractivity (Wildman–Crippen MR) is 119 cm³/mol. The summed E-state index contributed by atoms with van der Waals surface area (Å²) in [6.07, 6.45) is 1.70. The van der Waals surface area contributed by atoms with Crippen molar-refractivity contribution in [3.8, 4) is 5.69 Å². The fourth-order valence-corrected chi connectivity index (χ4v) is 3.98. The van der Waals surface area contributed by atoms with Crippen molar-refractivity contribution in [3.05, 3.63) is 88.1 Å². The Kier molecular flexibility index (Phi) is 4.99. The van der Waals surface area contributed by atoms with Crippen LogP contribution in [-0.2, 0) is 4.79 Å². The summed E-state index contributed by atoms with van der Waals surface area (Å²) >= 11 is 0. The van der Waals surface area contributed by atoms with Gasteiger partial charge in [0.05, 0.1) is 17.3 Å². The molecule has 1 unspecified atom stereocenters. The van der Waals surface area contributed by atoms with Gasteiger partial charge in [-0.2, -0.15) is 9.78 Å². The van der Waals surface area contributed by atoms with E-state index in [1.54, 1.807) is 6.20 Å². The van der Waals surface area contributed by atoms with E-state index in [1.165, 1.54) is 4.68 Å². The first-order valence-electron chi connectivity index (χ1n) is 9.91. The smallest absolute Gasteiger partial charge is 0.281 e. The maximum Gasteiger partial charge on any atom is 0.281 e. The fraction of sp³-hybridized carbons (Fsp3) is 0.208. The number of anilines is 1. The number of hydrogen-bond donors (Lipinski definition) is 1. The summed E-state index contributed by atoms with van der Waals surface area (Å²) < 4.78 is 3.31. The molecule has 152 valence electrons. The second kappa shape index (κ2) is 7.63. The number of hydrogen-bond acceptors (Lipinski definition) is 3. The summed E-state index contributed by atoms with van der Waals surface area (Å²) in [6, 6.07) is 16.5. The van der Waals surface area contributed by atoms with Crippen LogP contribution in [0.3, 0.4) is 0 Å². The number of aromatic nitrogens is 3. The lowest BCUT2D eigenvalue weighted by atomic mass is 10.2. The van der Waals surface area contributed by atoms with E-state index in [4.69, 9.17) is 0 Å². The minimum absolute atomic E-state index is 0.132. The van der Waals surface area contributed by atoms with Gasteiger partial charge in [0, 0.05) is 22.5 Å². The Bertz CT molecular complexity index is 1300. The molecule has 4 rings (SSSR count). The lowest BCUT2D eigenvalue weighted by Crippen LogP contribution is -2.25. The molecule has 2 aromatic carbocycles. The average molecular weight is 400 g/mol. The van der Waals surface area contributed by atoms with E-state index >= 15 is 0 Å². The van der Waals surface area contributed by atoms with Crippen molar-refractivity contribution in [2.75, 3.05) is 5.32 Å². The van der Waals surface area contributed by atoms with Crippen molar-refractivity contribution in [3.63, 3.8) is 0 Å². The summed E-state index contributed by atoms with van der Waals surface area (Å²) in [7, 11) is 0. The second-order valence-electron chi connectivity index (χ2n) is 7.51. The molecular weight excluding hydrogens is 376 g/mol. The van der Waals surface area contributed by atoms with Gasteiger partial charge in [0.1, 0.15) is 6.04 Å². The maximum atomic E-state index is 13.2. The minimum atomic E-state index is -0.485. The van der Waals surface area contributed by atoms with Crippen molar-refractivity contribution in [1.29, 1.82) is 0 Å². The number of para-hydroxylation sites is 2. The fourth-order valence-electron chi connectivity index (χ4n) is 3.98. The number of rotatable bonds is 4. The molecule has 30 heavy (non-hydrogen) atoms. The van der Waals surface area contributed by atoms with Crippen molar-refractivity contribution >= 4 is 22.4 Å². The van der Waals surface area contributed by atoms with Crippen LogP contribution in [0.15, 0.2) is 65.6 Å². The zero-order valence-electron chi connectivity index (χ0n) is 17.5. The van der Waals surface area contributed by atoms with Crippen LogP contribution in [0.2, 0.25) is 0 Å². The molecule has 0 aliphatic heterocycles. The average Bonchev–Trinajstić information content (AvgIpc) is 3.00. The van der Waals surface area contributed by atoms with E-state index in [0.29, 0.717) is 11.1 Å². The Balaban J connectivity index is 1.78. The SMILES string of the molecule is Cc1ccccc1NC(=O)C(C)n1c(C)c2cnn(-c3ccccc3)c(=O)c2c1C. The number of amides is 1. The van der Waals surface area contributed by atoms with Gasteiger partial charge in [-0.1, -0.05) is 36.4 Å². The van der Waals surface area contributed by atoms with Crippen molar-refractivity contribution < 1.29 is 4.79 Å². The molecule has 0 fully saturated rings. The molecule has 1 N–H and O–H groups in total. The number of carbonyl (C=O) groups excluding carboxylic acids is 1. The van der Waals surface area contributed by atoms with Gasteiger partial charge in [0.15, 0.2) is 0 Å². The first-order valence-corrected chi connectivity index (χ1v) is 9.91. The number of benzene rings is 2. The monoisotopic (exact) mass is 400 g/mol. The van der Waals surface area contributed by atoms with Crippen LogP contribution in [0.1, 0.15) is 29.9 Å². The molecule has 1 amide bonds. The van der Waals surface area contributed by atoms with E-state index in [9.17, 15) is 9.59 Å². The van der Waals surface area contributed by atoms with E-state index < -0.39 is 6.04 Å². The van der Waals surface area contributed by atoms with Gasteiger partial charge in [0.2, 0.25) is 5.91 Å². The zero-order chi connectivity index (χ0) is 21.4. The minimum Gasteiger partial charge on any atom is -0.336 e. The summed E-state index contributed by atoms with van der Waals surface area (Å²) in [5.41, 5.74) is 3.91. The number of aryl methyl sites for hydroxylation is 3. The molecule has 6 nitrogen and oxygen atoms in total. The topological polar surface area (TPSA) is 68.9 Å². The van der Waals surface area contributed by atoms with E-state index in [1.807, 2.05) is 86.9 Å². The lowest BCUT2D eigenvalue weighted by molar-refractivity contribution is -0.118. The van der Waals surface area contributed by atoms with Gasteiger partial charge >= 0.3 is 0 Å². The Morgan fingerprint density at radius 1 is 0.967 bits per heavy atom. The third-order valence-electron chi connectivity index (χ3n) is 5.62. The highest BCUT2D eigenvalue weighted by Crippen LogP contribution is 2.27. The van der Waals surface area contributed by atoms with Crippen LogP contribution < -0.4 is 10.9 Å². The summed E-state index contributed by atoms with van der Waals surface area (Å²) in [5, 5.41) is 8.72. The van der Waals surface area contributed by atoms with Gasteiger partial charge in [-0.05, 0) is 51.5 Å². The van der Waals surface area contributed by atoms with Gasteiger partial charge in [-0.15, -0.1) is 0 Å². The molecule has 0 saturated heterocycles. The molecule has 0 saturated carbocycles. The number of fused-ring (bicyclic) bond motifs is 1. The van der Waals surface area contributed by atoms with Crippen molar-refractivity contribution in [2.24, 2.45) is 0 Å². The standard InChI is InChI=1S/C24H24N4O2/c1-15-10-8-9-13-21(15)26-23(29)18(4)27-16(2)20-14-25-28(19-11-6-5-7-12-19)24(30)22(20)17(27)3/h5-14,18H,1-4H3,(H,26,29). The van der Waals surface area contributed by atoms with Crippen LogP contribution in [-0.4, -0.2) is 20.3 Å². The molecule has 2 heterocycles. The van der Waals surface area contributed by atoms with Gasteiger partial charge in [-0.25, -0.2) is 0 Å². The third-order valence-corrected chi connectivity index (χ3v) is 5.62. The highest BCUT2D eigenvalue weighted by Gasteiger charge is 2.24. The number of nitrogens with zero attached hydrogens (tertiary/aromatic N) is 3. The third kappa shape index (κ3) is 3.20. The highest BCUT2D eigenvalue weighted by molar-refractivity contribution is 5.95. The number of nitrogens with one attached hydrogen (secondary N) is 1. The zero-order valence-corrected chi connectivity index (χ0v) is 17.5. The summed E-state index contributed by atoms with van der Waals surface area (Å²) in [4.78, 5) is 26.2. The van der Waals surface area contributed by atoms with E-state index in [0.717, 1.165) is 28.0 Å².